The molecule has 0 spiro atoms. The van der Waals surface area contributed by atoms with Gasteiger partial charge >= 0.3 is 0 Å². The normalized spacial score (nSPS) is 17.8. The SMILES string of the molecule is CC(CNC1CC1)S(=O)(=O)NCCn1cccn1. The Hall–Kier alpha value is -0.920. The molecule has 6 nitrogen and oxygen atoms in total. The first-order chi connectivity index (χ1) is 8.58. The van der Waals surface area contributed by atoms with Gasteiger partial charge in [-0.1, -0.05) is 0 Å². The molecular formula is C11H20N4O2S. The summed E-state index contributed by atoms with van der Waals surface area (Å²) in [4.78, 5) is 0. The third-order valence-corrected chi connectivity index (χ3v) is 4.84. The topological polar surface area (TPSA) is 76.0 Å². The Balaban J connectivity index is 1.71. The van der Waals surface area contributed by atoms with Crippen molar-refractivity contribution < 1.29 is 8.42 Å². The molecule has 1 fully saturated rings. The number of aromatic nitrogens is 2. The Bertz CT molecular complexity index is 453. The molecule has 0 radical (unpaired) electrons. The van der Waals surface area contributed by atoms with Gasteiger partial charge in [-0.2, -0.15) is 5.10 Å². The maximum Gasteiger partial charge on any atom is 0.215 e. The van der Waals surface area contributed by atoms with Crippen LogP contribution < -0.4 is 10.0 Å². The molecule has 1 atom stereocenters. The second-order valence-corrected chi connectivity index (χ2v) is 6.89. The summed E-state index contributed by atoms with van der Waals surface area (Å²) in [6.45, 7) is 3.17. The molecule has 2 rings (SSSR count). The number of rotatable bonds is 8. The van der Waals surface area contributed by atoms with Gasteiger partial charge in [-0.15, -0.1) is 0 Å². The zero-order valence-electron chi connectivity index (χ0n) is 10.5. The van der Waals surface area contributed by atoms with E-state index in [-0.39, 0.29) is 0 Å². The Morgan fingerprint density at radius 2 is 2.28 bits per heavy atom. The van der Waals surface area contributed by atoms with Crippen molar-refractivity contribution in [1.29, 1.82) is 0 Å². The van der Waals surface area contributed by atoms with Gasteiger partial charge in [0.05, 0.1) is 11.8 Å². The number of nitrogens with one attached hydrogen (secondary N) is 2. The molecule has 1 unspecified atom stereocenters. The molecule has 1 aromatic rings. The number of hydrogen-bond acceptors (Lipinski definition) is 4. The maximum absolute atomic E-state index is 11.9. The van der Waals surface area contributed by atoms with Crippen molar-refractivity contribution in [2.75, 3.05) is 13.1 Å². The van der Waals surface area contributed by atoms with Crippen molar-refractivity contribution in [2.24, 2.45) is 0 Å². The molecule has 0 amide bonds. The summed E-state index contributed by atoms with van der Waals surface area (Å²) in [6, 6.07) is 2.35. The number of nitrogens with zero attached hydrogens (tertiary/aromatic N) is 2. The molecule has 1 heterocycles. The summed E-state index contributed by atoms with van der Waals surface area (Å²) in [6.07, 6.45) is 5.82. The second kappa shape index (κ2) is 5.81. The molecule has 1 aliphatic rings. The Kier molecular flexibility index (Phi) is 4.36. The summed E-state index contributed by atoms with van der Waals surface area (Å²) in [5, 5.41) is 6.84. The van der Waals surface area contributed by atoms with Crippen LogP contribution in [-0.2, 0) is 16.6 Å². The van der Waals surface area contributed by atoms with Crippen LogP contribution in [0.25, 0.3) is 0 Å². The lowest BCUT2D eigenvalue weighted by molar-refractivity contribution is 0.543. The molecule has 102 valence electrons. The minimum absolute atomic E-state index is 0.373. The van der Waals surface area contributed by atoms with Crippen LogP contribution in [0.4, 0.5) is 0 Å². The summed E-state index contributed by atoms with van der Waals surface area (Å²) >= 11 is 0. The van der Waals surface area contributed by atoms with Crippen LogP contribution in [0, 0.1) is 0 Å². The van der Waals surface area contributed by atoms with Crippen molar-refractivity contribution in [2.45, 2.75) is 37.6 Å². The second-order valence-electron chi connectivity index (χ2n) is 4.70. The fourth-order valence-corrected chi connectivity index (χ4v) is 2.58. The molecule has 0 aromatic carbocycles. The van der Waals surface area contributed by atoms with Crippen molar-refractivity contribution in [3.8, 4) is 0 Å². The molecule has 1 saturated carbocycles. The standard InChI is InChI=1S/C11H20N4O2S/c1-10(9-12-11-3-4-11)18(16,17)14-6-8-15-7-2-5-13-15/h2,5,7,10-12,14H,3-4,6,8-9H2,1H3. The zero-order chi connectivity index (χ0) is 13.0. The highest BCUT2D eigenvalue weighted by Crippen LogP contribution is 2.18. The van der Waals surface area contributed by atoms with Crippen molar-refractivity contribution in [3.05, 3.63) is 18.5 Å². The van der Waals surface area contributed by atoms with Gasteiger partial charge in [0.25, 0.3) is 0 Å². The summed E-state index contributed by atoms with van der Waals surface area (Å²) in [7, 11) is -3.24. The summed E-state index contributed by atoms with van der Waals surface area (Å²) < 4.78 is 28.1. The molecule has 18 heavy (non-hydrogen) atoms. The van der Waals surface area contributed by atoms with E-state index in [2.05, 4.69) is 15.1 Å². The summed E-state index contributed by atoms with van der Waals surface area (Å²) in [5.74, 6) is 0. The Morgan fingerprint density at radius 3 is 2.89 bits per heavy atom. The third kappa shape index (κ3) is 4.08. The monoisotopic (exact) mass is 272 g/mol. The molecule has 2 N–H and O–H groups in total. The van der Waals surface area contributed by atoms with Gasteiger partial charge in [0.2, 0.25) is 10.0 Å². The summed E-state index contributed by atoms with van der Waals surface area (Å²) in [5.41, 5.74) is 0. The first kappa shape index (κ1) is 13.5. The van der Waals surface area contributed by atoms with E-state index in [0.717, 1.165) is 0 Å². The first-order valence-corrected chi connectivity index (χ1v) is 7.82. The van der Waals surface area contributed by atoms with Crippen LogP contribution in [-0.4, -0.2) is 42.6 Å². The minimum atomic E-state index is -3.24. The van der Waals surface area contributed by atoms with E-state index in [1.54, 1.807) is 17.8 Å². The largest absolute Gasteiger partial charge is 0.313 e. The lowest BCUT2D eigenvalue weighted by atomic mass is 10.4. The van der Waals surface area contributed by atoms with Crippen LogP contribution >= 0.6 is 0 Å². The third-order valence-electron chi connectivity index (χ3n) is 3.00. The van der Waals surface area contributed by atoms with E-state index in [1.807, 2.05) is 12.3 Å². The molecule has 0 aliphatic heterocycles. The molecule has 0 bridgehead atoms. The lowest BCUT2D eigenvalue weighted by Crippen LogP contribution is -2.40. The first-order valence-electron chi connectivity index (χ1n) is 6.27. The van der Waals surface area contributed by atoms with Gasteiger partial charge in [0, 0.05) is 31.5 Å². The highest BCUT2D eigenvalue weighted by atomic mass is 32.2. The lowest BCUT2D eigenvalue weighted by Gasteiger charge is -2.14. The predicted octanol–water partition coefficient (Wildman–Crippen LogP) is -0.0570. The highest BCUT2D eigenvalue weighted by molar-refractivity contribution is 7.90. The Morgan fingerprint density at radius 1 is 1.50 bits per heavy atom. The van der Waals surface area contributed by atoms with Gasteiger partial charge in [-0.05, 0) is 25.8 Å². The van der Waals surface area contributed by atoms with Crippen molar-refractivity contribution in [3.63, 3.8) is 0 Å². The van der Waals surface area contributed by atoms with Crippen LogP contribution in [0.2, 0.25) is 0 Å². The molecular weight excluding hydrogens is 252 g/mol. The van der Waals surface area contributed by atoms with Crippen LogP contribution in [0.15, 0.2) is 18.5 Å². The van der Waals surface area contributed by atoms with Crippen molar-refractivity contribution >= 4 is 10.0 Å². The fourth-order valence-electron chi connectivity index (χ4n) is 1.61. The van der Waals surface area contributed by atoms with Crippen LogP contribution in [0.3, 0.4) is 0 Å². The van der Waals surface area contributed by atoms with E-state index >= 15 is 0 Å². The van der Waals surface area contributed by atoms with Gasteiger partial charge in [-0.25, -0.2) is 13.1 Å². The number of hydrogen-bond donors (Lipinski definition) is 2. The van der Waals surface area contributed by atoms with Crippen LogP contribution in [0.1, 0.15) is 19.8 Å². The highest BCUT2D eigenvalue weighted by Gasteiger charge is 2.25. The van der Waals surface area contributed by atoms with E-state index in [0.29, 0.717) is 25.7 Å². The van der Waals surface area contributed by atoms with Gasteiger partial charge < -0.3 is 5.32 Å². The van der Waals surface area contributed by atoms with Gasteiger partial charge in [-0.3, -0.25) is 4.68 Å². The van der Waals surface area contributed by atoms with E-state index in [4.69, 9.17) is 0 Å². The molecule has 1 aromatic heterocycles. The zero-order valence-corrected chi connectivity index (χ0v) is 11.4. The molecule has 1 aliphatic carbocycles. The van der Waals surface area contributed by atoms with E-state index in [1.165, 1.54) is 12.8 Å². The van der Waals surface area contributed by atoms with Crippen LogP contribution in [0.5, 0.6) is 0 Å². The maximum atomic E-state index is 11.9. The van der Waals surface area contributed by atoms with Gasteiger partial charge in [0.15, 0.2) is 0 Å². The van der Waals surface area contributed by atoms with E-state index in [9.17, 15) is 8.42 Å². The average Bonchev–Trinajstić information content (AvgIpc) is 3.02. The predicted molar refractivity (Wildman–Crippen MR) is 69.6 cm³/mol. The fraction of sp³-hybridized carbons (Fsp3) is 0.727. The van der Waals surface area contributed by atoms with E-state index < -0.39 is 15.3 Å². The quantitative estimate of drug-likeness (QED) is 0.695. The molecule has 0 saturated heterocycles. The minimum Gasteiger partial charge on any atom is -0.313 e. The Labute approximate surface area is 108 Å². The number of sulfonamides is 1. The van der Waals surface area contributed by atoms with Crippen molar-refractivity contribution in [1.82, 2.24) is 19.8 Å². The smallest absolute Gasteiger partial charge is 0.215 e. The average molecular weight is 272 g/mol. The van der Waals surface area contributed by atoms with Gasteiger partial charge in [0.1, 0.15) is 0 Å². The molecule has 7 heteroatoms.